The van der Waals surface area contributed by atoms with E-state index in [1.54, 1.807) is 0 Å². The summed E-state index contributed by atoms with van der Waals surface area (Å²) in [6, 6.07) is 0. The van der Waals surface area contributed by atoms with Crippen molar-refractivity contribution >= 4 is 34.1 Å². The first kappa shape index (κ1) is 14.2. The average molecular weight is 308 g/mol. The molecule has 1 atom stereocenters. The lowest BCUT2D eigenvalue weighted by Crippen LogP contribution is -2.26. The van der Waals surface area contributed by atoms with Gasteiger partial charge in [-0.25, -0.2) is 4.98 Å². The predicted octanol–water partition coefficient (Wildman–Crippen LogP) is 1.74. The predicted molar refractivity (Wildman–Crippen MR) is 76.6 cm³/mol. The van der Waals surface area contributed by atoms with Crippen molar-refractivity contribution in [2.75, 3.05) is 11.4 Å². The molecule has 0 spiro atoms. The fourth-order valence-corrected chi connectivity index (χ4v) is 3.93. The Morgan fingerprint density at radius 3 is 2.71 bits per heavy atom. The second-order valence-electron chi connectivity index (χ2n) is 6.46. The summed E-state index contributed by atoms with van der Waals surface area (Å²) in [6.07, 6.45) is 1.18. The second-order valence-corrected chi connectivity index (χ2v) is 7.43. The van der Waals surface area contributed by atoms with E-state index in [9.17, 15) is 14.4 Å². The first-order valence-corrected chi connectivity index (χ1v) is 7.64. The second kappa shape index (κ2) is 4.62. The van der Waals surface area contributed by atoms with E-state index in [0.29, 0.717) is 22.9 Å². The molecule has 0 unspecified atom stereocenters. The lowest BCUT2D eigenvalue weighted by molar-refractivity contribution is -0.141. The largest absolute Gasteiger partial charge is 0.481 e. The Balaban J connectivity index is 1.91. The number of rotatable bonds is 2. The van der Waals surface area contributed by atoms with Gasteiger partial charge in [-0.1, -0.05) is 25.2 Å². The van der Waals surface area contributed by atoms with E-state index in [-0.39, 0.29) is 30.1 Å². The molecule has 1 aromatic rings. The molecule has 1 amide bonds. The van der Waals surface area contributed by atoms with E-state index in [1.165, 1.54) is 16.2 Å². The molecule has 6 nitrogen and oxygen atoms in total. The Hall–Kier alpha value is -1.76. The third kappa shape index (κ3) is 2.46. The number of fused-ring (bicyclic) bond motifs is 1. The van der Waals surface area contributed by atoms with Crippen molar-refractivity contribution in [2.45, 2.75) is 33.1 Å². The Morgan fingerprint density at radius 1 is 1.38 bits per heavy atom. The highest BCUT2D eigenvalue weighted by Gasteiger charge is 2.39. The van der Waals surface area contributed by atoms with Gasteiger partial charge < -0.3 is 5.11 Å². The van der Waals surface area contributed by atoms with Crippen LogP contribution in [0.2, 0.25) is 0 Å². The van der Waals surface area contributed by atoms with Crippen LogP contribution in [0.3, 0.4) is 0 Å². The molecule has 1 saturated heterocycles. The van der Waals surface area contributed by atoms with Gasteiger partial charge in [-0.05, 0) is 11.8 Å². The van der Waals surface area contributed by atoms with Gasteiger partial charge >= 0.3 is 5.97 Å². The summed E-state index contributed by atoms with van der Waals surface area (Å²) in [7, 11) is 0. The molecular weight excluding hydrogens is 292 g/mol. The molecule has 0 saturated carbocycles. The number of nitrogens with zero attached hydrogens (tertiary/aromatic N) is 2. The topological polar surface area (TPSA) is 87.6 Å². The van der Waals surface area contributed by atoms with E-state index in [1.807, 2.05) is 13.8 Å². The van der Waals surface area contributed by atoms with Crippen LogP contribution in [0.5, 0.6) is 0 Å². The van der Waals surface area contributed by atoms with E-state index in [0.717, 1.165) is 5.69 Å². The Kier molecular flexibility index (Phi) is 3.12. The van der Waals surface area contributed by atoms with Gasteiger partial charge in [0, 0.05) is 19.4 Å². The molecule has 2 aliphatic rings. The molecule has 0 radical (unpaired) electrons. The number of carbonyl (C=O) groups excluding carboxylic acids is 2. The maximum atomic E-state index is 12.2. The number of Topliss-reactive ketones (excluding diaryl/α,β-unsaturated/α-hetero) is 1. The maximum Gasteiger partial charge on any atom is 0.308 e. The summed E-state index contributed by atoms with van der Waals surface area (Å²) in [5, 5.41) is 9.48. The number of carbonyl (C=O) groups is 3. The summed E-state index contributed by atoms with van der Waals surface area (Å²) < 4.78 is 0. The van der Waals surface area contributed by atoms with Crippen LogP contribution < -0.4 is 4.90 Å². The van der Waals surface area contributed by atoms with E-state index < -0.39 is 11.9 Å². The summed E-state index contributed by atoms with van der Waals surface area (Å²) in [6.45, 7) is 4.18. The molecule has 112 valence electrons. The van der Waals surface area contributed by atoms with E-state index in [4.69, 9.17) is 5.11 Å². The van der Waals surface area contributed by atoms with Crippen LogP contribution >= 0.6 is 11.3 Å². The van der Waals surface area contributed by atoms with Gasteiger partial charge in [0.15, 0.2) is 10.9 Å². The van der Waals surface area contributed by atoms with Crippen molar-refractivity contribution < 1.29 is 19.5 Å². The number of anilines is 1. The van der Waals surface area contributed by atoms with Crippen LogP contribution in [-0.2, 0) is 16.0 Å². The number of ketones is 1. The number of aliphatic carboxylic acids is 1. The first-order valence-electron chi connectivity index (χ1n) is 6.83. The average Bonchev–Trinajstić information content (AvgIpc) is 2.91. The molecule has 1 aromatic heterocycles. The Bertz CT molecular complexity index is 649. The standard InChI is InChI=1S/C14H16N2O4S/c1-14(2)4-8-11(9(17)5-14)21-13(15-8)16-6-7(12(19)20)3-10(16)18/h7H,3-6H2,1-2H3,(H,19,20)/t7-/m0/s1. The first-order chi connectivity index (χ1) is 9.77. The molecule has 3 rings (SSSR count). The molecule has 1 aliphatic carbocycles. The summed E-state index contributed by atoms with van der Waals surface area (Å²) in [5.41, 5.74) is 0.622. The van der Waals surface area contributed by atoms with Crippen molar-refractivity contribution in [3.8, 4) is 0 Å². The van der Waals surface area contributed by atoms with Crippen molar-refractivity contribution in [2.24, 2.45) is 11.3 Å². The molecule has 1 N–H and O–H groups in total. The molecular formula is C14H16N2O4S. The van der Waals surface area contributed by atoms with Crippen LogP contribution in [0, 0.1) is 11.3 Å². The molecule has 0 bridgehead atoms. The number of hydrogen-bond acceptors (Lipinski definition) is 5. The molecule has 0 aromatic carbocycles. The SMILES string of the molecule is CC1(C)CC(=O)c2sc(N3C[C@@H](C(=O)O)CC3=O)nc2C1. The van der Waals surface area contributed by atoms with Crippen LogP contribution in [-0.4, -0.2) is 34.3 Å². The Labute approximate surface area is 125 Å². The van der Waals surface area contributed by atoms with Crippen LogP contribution in [0.15, 0.2) is 0 Å². The molecule has 1 aliphatic heterocycles. The summed E-state index contributed by atoms with van der Waals surface area (Å²) in [5.74, 6) is -1.83. The number of aromatic nitrogens is 1. The van der Waals surface area contributed by atoms with Crippen molar-refractivity contribution in [3.05, 3.63) is 10.6 Å². The third-order valence-corrected chi connectivity index (χ3v) is 5.09. The highest BCUT2D eigenvalue weighted by Crippen LogP contribution is 2.40. The number of amides is 1. The quantitative estimate of drug-likeness (QED) is 0.899. The minimum atomic E-state index is -0.968. The lowest BCUT2D eigenvalue weighted by Gasteiger charge is -2.26. The van der Waals surface area contributed by atoms with Gasteiger partial charge in [0.05, 0.1) is 16.5 Å². The van der Waals surface area contributed by atoms with Gasteiger partial charge in [-0.3, -0.25) is 19.3 Å². The zero-order valence-electron chi connectivity index (χ0n) is 11.9. The monoisotopic (exact) mass is 308 g/mol. The fourth-order valence-electron chi connectivity index (χ4n) is 2.88. The highest BCUT2D eigenvalue weighted by atomic mass is 32.1. The van der Waals surface area contributed by atoms with Crippen LogP contribution in [0.4, 0.5) is 5.13 Å². The summed E-state index contributed by atoms with van der Waals surface area (Å²) in [4.78, 5) is 41.6. The smallest absolute Gasteiger partial charge is 0.308 e. The molecule has 1 fully saturated rings. The number of carboxylic acid groups (broad SMARTS) is 1. The van der Waals surface area contributed by atoms with Gasteiger partial charge in [0.1, 0.15) is 0 Å². The maximum absolute atomic E-state index is 12.2. The number of thiazole rings is 1. The Morgan fingerprint density at radius 2 is 2.10 bits per heavy atom. The zero-order chi connectivity index (χ0) is 15.4. The van der Waals surface area contributed by atoms with Crippen LogP contribution in [0.25, 0.3) is 0 Å². The third-order valence-electron chi connectivity index (χ3n) is 3.93. The van der Waals surface area contributed by atoms with E-state index in [2.05, 4.69) is 4.98 Å². The molecule has 7 heteroatoms. The minimum Gasteiger partial charge on any atom is -0.481 e. The van der Waals surface area contributed by atoms with Gasteiger partial charge in [0.2, 0.25) is 5.91 Å². The van der Waals surface area contributed by atoms with Crippen molar-refractivity contribution in [1.29, 1.82) is 0 Å². The van der Waals surface area contributed by atoms with Gasteiger partial charge in [0.25, 0.3) is 0 Å². The lowest BCUT2D eigenvalue weighted by atomic mass is 9.78. The van der Waals surface area contributed by atoms with Gasteiger partial charge in [-0.2, -0.15) is 0 Å². The van der Waals surface area contributed by atoms with Crippen LogP contribution in [0.1, 0.15) is 42.1 Å². The van der Waals surface area contributed by atoms with Crippen molar-refractivity contribution in [3.63, 3.8) is 0 Å². The minimum absolute atomic E-state index is 0.000973. The number of carboxylic acids is 1. The zero-order valence-corrected chi connectivity index (χ0v) is 12.7. The fraction of sp³-hybridized carbons (Fsp3) is 0.571. The molecule has 21 heavy (non-hydrogen) atoms. The summed E-state index contributed by atoms with van der Waals surface area (Å²) >= 11 is 1.21. The van der Waals surface area contributed by atoms with Crippen molar-refractivity contribution in [1.82, 2.24) is 4.98 Å². The normalized spacial score (nSPS) is 24.3. The van der Waals surface area contributed by atoms with E-state index >= 15 is 0 Å². The van der Waals surface area contributed by atoms with Gasteiger partial charge in [-0.15, -0.1) is 0 Å². The highest BCUT2D eigenvalue weighted by molar-refractivity contribution is 7.17. The molecule has 2 heterocycles. The number of hydrogen-bond donors (Lipinski definition) is 1.